The molecule has 1 atom stereocenters. The first kappa shape index (κ1) is 24.2. The molecule has 2 aromatic carbocycles. The van der Waals surface area contributed by atoms with Crippen molar-refractivity contribution in [3.8, 4) is 11.5 Å². The largest absolute Gasteiger partial charge is 0.493 e. The maximum atomic E-state index is 13.4. The molecule has 3 aromatic rings. The van der Waals surface area contributed by atoms with Crippen LogP contribution in [0.1, 0.15) is 36.9 Å². The van der Waals surface area contributed by atoms with E-state index in [-0.39, 0.29) is 18.1 Å². The number of pyridine rings is 1. The predicted octanol–water partition coefficient (Wildman–Crippen LogP) is 4.91. The van der Waals surface area contributed by atoms with Gasteiger partial charge in [-0.15, -0.1) is 0 Å². The molecule has 6 nitrogen and oxygen atoms in total. The highest BCUT2D eigenvalue weighted by Crippen LogP contribution is 2.36. The Balaban J connectivity index is 1.35. The molecule has 5 rings (SSSR count). The van der Waals surface area contributed by atoms with E-state index in [0.717, 1.165) is 55.2 Å². The number of ether oxygens (including phenoxy) is 2. The first-order valence-corrected chi connectivity index (χ1v) is 13.0. The van der Waals surface area contributed by atoms with Gasteiger partial charge in [-0.1, -0.05) is 36.4 Å². The van der Waals surface area contributed by atoms with Gasteiger partial charge >= 0.3 is 0 Å². The van der Waals surface area contributed by atoms with Crippen LogP contribution in [0.15, 0.2) is 72.9 Å². The molecular formula is C30H35N3O3. The Morgan fingerprint density at radius 2 is 1.78 bits per heavy atom. The fourth-order valence-corrected chi connectivity index (χ4v) is 5.38. The van der Waals surface area contributed by atoms with Gasteiger partial charge in [0.25, 0.3) is 0 Å². The molecule has 1 saturated heterocycles. The second-order valence-corrected chi connectivity index (χ2v) is 9.73. The molecule has 0 bridgehead atoms. The van der Waals surface area contributed by atoms with Crippen molar-refractivity contribution in [2.75, 3.05) is 31.6 Å². The molecule has 188 valence electrons. The molecule has 6 heteroatoms. The average Bonchev–Trinajstić information content (AvgIpc) is 3.43. The van der Waals surface area contributed by atoms with Crippen LogP contribution in [0.3, 0.4) is 0 Å². The second-order valence-electron chi connectivity index (χ2n) is 9.73. The van der Waals surface area contributed by atoms with Crippen LogP contribution >= 0.6 is 0 Å². The fraction of sp³-hybridized carbons (Fsp3) is 0.400. The first-order chi connectivity index (χ1) is 17.7. The third kappa shape index (κ3) is 5.81. The van der Waals surface area contributed by atoms with E-state index in [2.05, 4.69) is 51.2 Å². The van der Waals surface area contributed by atoms with Gasteiger partial charge in [0, 0.05) is 43.3 Å². The highest BCUT2D eigenvalue weighted by molar-refractivity contribution is 5.79. The lowest BCUT2D eigenvalue weighted by Gasteiger charge is -2.43. The maximum Gasteiger partial charge on any atom is 0.228 e. The van der Waals surface area contributed by atoms with Crippen molar-refractivity contribution in [1.82, 2.24) is 9.88 Å². The number of hydrogen-bond donors (Lipinski definition) is 0. The van der Waals surface area contributed by atoms with Crippen LogP contribution < -0.4 is 14.4 Å². The Hall–Kier alpha value is -3.54. The van der Waals surface area contributed by atoms with Crippen LogP contribution in [0.5, 0.6) is 11.5 Å². The minimum absolute atomic E-state index is 0.0682. The summed E-state index contributed by atoms with van der Waals surface area (Å²) in [6.07, 6.45) is 7.80. The molecule has 2 fully saturated rings. The topological polar surface area (TPSA) is 54.9 Å². The zero-order valence-corrected chi connectivity index (χ0v) is 21.0. The minimum atomic E-state index is 0.0682. The Morgan fingerprint density at radius 3 is 2.53 bits per heavy atom. The Labute approximate surface area is 213 Å². The summed E-state index contributed by atoms with van der Waals surface area (Å²) in [6, 6.07) is 22.5. The number of hydrogen-bond acceptors (Lipinski definition) is 5. The molecule has 0 unspecified atom stereocenters. The van der Waals surface area contributed by atoms with Crippen molar-refractivity contribution in [3.05, 3.63) is 84.2 Å². The van der Waals surface area contributed by atoms with Crippen LogP contribution in [-0.2, 0) is 17.6 Å². The molecule has 1 aliphatic heterocycles. The third-order valence-corrected chi connectivity index (χ3v) is 7.28. The van der Waals surface area contributed by atoms with Crippen LogP contribution in [0.25, 0.3) is 0 Å². The van der Waals surface area contributed by atoms with Gasteiger partial charge in [0.2, 0.25) is 5.91 Å². The number of nitrogens with zero attached hydrogens (tertiary/aromatic N) is 3. The summed E-state index contributed by atoms with van der Waals surface area (Å²) in [5.74, 6) is 1.72. The summed E-state index contributed by atoms with van der Waals surface area (Å²) in [4.78, 5) is 22.2. The predicted molar refractivity (Wildman–Crippen MR) is 142 cm³/mol. The summed E-state index contributed by atoms with van der Waals surface area (Å²) in [5, 5.41) is 0. The molecule has 0 spiro atoms. The number of rotatable bonds is 8. The Kier molecular flexibility index (Phi) is 7.70. The van der Waals surface area contributed by atoms with E-state index >= 15 is 0 Å². The molecule has 1 amide bonds. The molecular weight excluding hydrogens is 450 g/mol. The lowest BCUT2D eigenvalue weighted by Crippen LogP contribution is -2.56. The van der Waals surface area contributed by atoms with Gasteiger partial charge in [-0.05, 0) is 61.9 Å². The molecule has 36 heavy (non-hydrogen) atoms. The molecule has 1 aliphatic carbocycles. The number of anilines is 1. The number of piperazine rings is 1. The molecule has 0 radical (unpaired) electrons. The van der Waals surface area contributed by atoms with Crippen molar-refractivity contribution >= 4 is 11.6 Å². The zero-order chi connectivity index (χ0) is 24.7. The van der Waals surface area contributed by atoms with E-state index in [9.17, 15) is 4.79 Å². The van der Waals surface area contributed by atoms with E-state index in [1.807, 2.05) is 30.3 Å². The SMILES string of the molecule is COc1ccc(N2CCN(C(=O)Cc3ccccn3)[C@@H](Cc3ccccc3)C2)cc1OC1CCCC1. The van der Waals surface area contributed by atoms with Crippen LogP contribution in [0.4, 0.5) is 5.69 Å². The zero-order valence-electron chi connectivity index (χ0n) is 21.0. The van der Waals surface area contributed by atoms with Crippen molar-refractivity contribution in [2.45, 2.75) is 50.7 Å². The van der Waals surface area contributed by atoms with Crippen LogP contribution in [-0.4, -0.2) is 54.7 Å². The van der Waals surface area contributed by atoms with Gasteiger partial charge in [-0.2, -0.15) is 0 Å². The smallest absolute Gasteiger partial charge is 0.228 e. The van der Waals surface area contributed by atoms with E-state index < -0.39 is 0 Å². The van der Waals surface area contributed by atoms with Gasteiger partial charge in [0.15, 0.2) is 11.5 Å². The average molecular weight is 486 g/mol. The summed E-state index contributed by atoms with van der Waals surface area (Å²) in [5.41, 5.74) is 3.16. The monoisotopic (exact) mass is 485 g/mol. The highest BCUT2D eigenvalue weighted by Gasteiger charge is 2.31. The number of methoxy groups -OCH3 is 1. The van der Waals surface area contributed by atoms with Crippen LogP contribution in [0.2, 0.25) is 0 Å². The quantitative estimate of drug-likeness (QED) is 0.454. The number of amides is 1. The molecule has 0 N–H and O–H groups in total. The second kappa shape index (κ2) is 11.5. The standard InChI is InChI=1S/C30H35N3O3/c1-35-28-15-14-25(21-29(28)36-27-12-5-6-13-27)32-17-18-33(30(34)20-24-11-7-8-16-31-24)26(22-32)19-23-9-3-2-4-10-23/h2-4,7-11,14-16,21,26-27H,5-6,12-13,17-20,22H2,1H3/t26-/m0/s1. The molecule has 1 aromatic heterocycles. The lowest BCUT2D eigenvalue weighted by atomic mass is 10.0. The summed E-state index contributed by atoms with van der Waals surface area (Å²) < 4.78 is 12.0. The molecule has 2 heterocycles. The van der Waals surface area contributed by atoms with Crippen LogP contribution in [0, 0.1) is 0 Å². The van der Waals surface area contributed by atoms with E-state index in [0.29, 0.717) is 13.0 Å². The van der Waals surface area contributed by atoms with Crippen molar-refractivity contribution < 1.29 is 14.3 Å². The molecule has 1 saturated carbocycles. The van der Waals surface area contributed by atoms with Gasteiger partial charge in [-0.3, -0.25) is 9.78 Å². The van der Waals surface area contributed by atoms with Crippen molar-refractivity contribution in [2.24, 2.45) is 0 Å². The van der Waals surface area contributed by atoms with E-state index in [1.54, 1.807) is 13.3 Å². The summed E-state index contributed by atoms with van der Waals surface area (Å²) in [7, 11) is 1.69. The number of benzene rings is 2. The van der Waals surface area contributed by atoms with Crippen molar-refractivity contribution in [3.63, 3.8) is 0 Å². The lowest BCUT2D eigenvalue weighted by molar-refractivity contribution is -0.133. The Bertz CT molecular complexity index is 1130. The minimum Gasteiger partial charge on any atom is -0.493 e. The normalized spacial score (nSPS) is 18.3. The van der Waals surface area contributed by atoms with Gasteiger partial charge < -0.3 is 19.3 Å². The highest BCUT2D eigenvalue weighted by atomic mass is 16.5. The number of aromatic nitrogens is 1. The third-order valence-electron chi connectivity index (χ3n) is 7.28. The van der Waals surface area contributed by atoms with Crippen molar-refractivity contribution in [1.29, 1.82) is 0 Å². The number of carbonyl (C=O) groups excluding carboxylic acids is 1. The van der Waals surface area contributed by atoms with E-state index in [4.69, 9.17) is 9.47 Å². The maximum absolute atomic E-state index is 13.4. The summed E-state index contributed by atoms with van der Waals surface area (Å²) in [6.45, 7) is 2.21. The molecule has 2 aliphatic rings. The van der Waals surface area contributed by atoms with E-state index in [1.165, 1.54) is 18.4 Å². The summed E-state index contributed by atoms with van der Waals surface area (Å²) >= 11 is 0. The van der Waals surface area contributed by atoms with Gasteiger partial charge in [0.1, 0.15) is 0 Å². The fourth-order valence-electron chi connectivity index (χ4n) is 5.38. The number of carbonyl (C=O) groups is 1. The van der Waals surface area contributed by atoms with Gasteiger partial charge in [0.05, 0.1) is 25.7 Å². The first-order valence-electron chi connectivity index (χ1n) is 13.0. The van der Waals surface area contributed by atoms with Gasteiger partial charge in [-0.25, -0.2) is 0 Å². The Morgan fingerprint density at radius 1 is 0.972 bits per heavy atom.